The molecule has 0 spiro atoms. The number of cyclic esters (lactones) is 2. The van der Waals surface area contributed by atoms with Gasteiger partial charge < -0.3 is 4.74 Å². The van der Waals surface area contributed by atoms with E-state index >= 15 is 0 Å². The Bertz CT molecular complexity index is 397. The van der Waals surface area contributed by atoms with Crippen LogP contribution in [-0.2, 0) is 20.7 Å². The molecule has 0 N–H and O–H groups in total. The van der Waals surface area contributed by atoms with E-state index in [1.54, 1.807) is 0 Å². The molecule has 1 aliphatic rings. The molecule has 1 aromatic carbocycles. The third-order valence-corrected chi connectivity index (χ3v) is 2.88. The predicted octanol–water partition coefficient (Wildman–Crippen LogP) is 2.08. The Morgan fingerprint density at radius 2 is 1.93 bits per heavy atom. The Morgan fingerprint density at radius 3 is 2.47 bits per heavy atom. The zero-order chi connectivity index (χ0) is 10.8. The van der Waals surface area contributed by atoms with Crippen LogP contribution in [0, 0.1) is 5.92 Å². The molecule has 78 valence electrons. The summed E-state index contributed by atoms with van der Waals surface area (Å²) in [6.45, 7) is 0. The van der Waals surface area contributed by atoms with Gasteiger partial charge in [-0.2, -0.15) is 0 Å². The fourth-order valence-corrected chi connectivity index (χ4v) is 1.85. The highest BCUT2D eigenvalue weighted by molar-refractivity contribution is 9.10. The number of rotatable bonds is 2. The normalized spacial score (nSPS) is 20.5. The van der Waals surface area contributed by atoms with Crippen molar-refractivity contribution in [3.63, 3.8) is 0 Å². The number of hydrogen-bond acceptors (Lipinski definition) is 3. The fourth-order valence-electron chi connectivity index (χ4n) is 1.58. The first-order chi connectivity index (χ1) is 7.15. The number of hydrogen-bond donors (Lipinski definition) is 0. The summed E-state index contributed by atoms with van der Waals surface area (Å²) < 4.78 is 5.48. The van der Waals surface area contributed by atoms with Crippen LogP contribution in [0.1, 0.15) is 12.0 Å². The van der Waals surface area contributed by atoms with E-state index in [-0.39, 0.29) is 12.3 Å². The number of benzene rings is 1. The highest BCUT2D eigenvalue weighted by atomic mass is 79.9. The molecule has 4 heteroatoms. The van der Waals surface area contributed by atoms with Crippen molar-refractivity contribution in [3.8, 4) is 0 Å². The molecule has 1 saturated heterocycles. The molecule has 0 radical (unpaired) electrons. The summed E-state index contributed by atoms with van der Waals surface area (Å²) >= 11 is 3.33. The van der Waals surface area contributed by atoms with E-state index in [0.717, 1.165) is 10.0 Å². The summed E-state index contributed by atoms with van der Waals surface area (Å²) in [5.74, 6) is -1.12. The number of ether oxygens (including phenoxy) is 1. The SMILES string of the molecule is O=C1CC(Cc2ccc(Br)cc2)C(=O)O1. The van der Waals surface area contributed by atoms with Crippen molar-refractivity contribution in [1.82, 2.24) is 0 Å². The second-order valence-electron chi connectivity index (χ2n) is 3.52. The average Bonchev–Trinajstić information content (AvgIpc) is 2.49. The number of esters is 2. The van der Waals surface area contributed by atoms with Gasteiger partial charge >= 0.3 is 11.9 Å². The molecular formula is C11H9BrO3. The molecule has 2 rings (SSSR count). The van der Waals surface area contributed by atoms with Crippen molar-refractivity contribution in [2.24, 2.45) is 5.92 Å². The third-order valence-electron chi connectivity index (χ3n) is 2.36. The number of halogens is 1. The van der Waals surface area contributed by atoms with Gasteiger partial charge in [0.25, 0.3) is 0 Å². The molecule has 0 aromatic heterocycles. The molecule has 0 amide bonds. The van der Waals surface area contributed by atoms with Gasteiger partial charge in [0.1, 0.15) is 0 Å². The second kappa shape index (κ2) is 4.14. The smallest absolute Gasteiger partial charge is 0.317 e. The van der Waals surface area contributed by atoms with E-state index in [0.29, 0.717) is 6.42 Å². The Morgan fingerprint density at radius 1 is 1.27 bits per heavy atom. The van der Waals surface area contributed by atoms with Crippen LogP contribution in [-0.4, -0.2) is 11.9 Å². The van der Waals surface area contributed by atoms with Crippen LogP contribution in [0.5, 0.6) is 0 Å². The summed E-state index contributed by atoms with van der Waals surface area (Å²) in [6.07, 6.45) is 0.771. The van der Waals surface area contributed by atoms with E-state index in [1.165, 1.54) is 0 Å². The second-order valence-corrected chi connectivity index (χ2v) is 4.44. The van der Waals surface area contributed by atoms with Crippen molar-refractivity contribution in [2.75, 3.05) is 0 Å². The molecular weight excluding hydrogens is 260 g/mol. The standard InChI is InChI=1S/C11H9BrO3/c12-9-3-1-7(2-4-9)5-8-6-10(13)15-11(8)14/h1-4,8H,5-6H2. The first kappa shape index (κ1) is 10.4. The summed E-state index contributed by atoms with van der Waals surface area (Å²) in [5, 5.41) is 0. The zero-order valence-electron chi connectivity index (χ0n) is 7.90. The summed E-state index contributed by atoms with van der Waals surface area (Å²) in [6, 6.07) is 7.69. The maximum atomic E-state index is 11.2. The van der Waals surface area contributed by atoms with E-state index < -0.39 is 11.9 Å². The molecule has 0 aliphatic carbocycles. The van der Waals surface area contributed by atoms with Gasteiger partial charge in [-0.15, -0.1) is 0 Å². The molecule has 0 bridgehead atoms. The number of carbonyl (C=O) groups excluding carboxylic acids is 2. The summed E-state index contributed by atoms with van der Waals surface area (Å²) in [7, 11) is 0. The molecule has 15 heavy (non-hydrogen) atoms. The minimum Gasteiger partial charge on any atom is -0.393 e. The van der Waals surface area contributed by atoms with Crippen LogP contribution in [0.4, 0.5) is 0 Å². The Balaban J connectivity index is 2.06. The topological polar surface area (TPSA) is 43.4 Å². The quantitative estimate of drug-likeness (QED) is 0.609. The molecule has 1 atom stereocenters. The lowest BCUT2D eigenvalue weighted by Crippen LogP contribution is -2.10. The average molecular weight is 269 g/mol. The number of carbonyl (C=O) groups is 2. The van der Waals surface area contributed by atoms with Crippen LogP contribution < -0.4 is 0 Å². The van der Waals surface area contributed by atoms with Crippen molar-refractivity contribution in [2.45, 2.75) is 12.8 Å². The lowest BCUT2D eigenvalue weighted by Gasteiger charge is -2.04. The van der Waals surface area contributed by atoms with E-state index in [1.807, 2.05) is 24.3 Å². The van der Waals surface area contributed by atoms with Crippen molar-refractivity contribution < 1.29 is 14.3 Å². The van der Waals surface area contributed by atoms with Gasteiger partial charge in [0, 0.05) is 4.47 Å². The zero-order valence-corrected chi connectivity index (χ0v) is 9.49. The van der Waals surface area contributed by atoms with Crippen LogP contribution in [0.25, 0.3) is 0 Å². The predicted molar refractivity (Wildman–Crippen MR) is 57.1 cm³/mol. The van der Waals surface area contributed by atoms with Gasteiger partial charge in [0.05, 0.1) is 12.3 Å². The first-order valence-corrected chi connectivity index (χ1v) is 5.43. The minimum absolute atomic E-state index is 0.203. The van der Waals surface area contributed by atoms with Gasteiger partial charge in [-0.1, -0.05) is 28.1 Å². The van der Waals surface area contributed by atoms with Crippen LogP contribution >= 0.6 is 15.9 Å². The van der Waals surface area contributed by atoms with E-state index in [2.05, 4.69) is 20.7 Å². The van der Waals surface area contributed by atoms with Gasteiger partial charge in [0.15, 0.2) is 0 Å². The molecule has 1 aromatic rings. The third kappa shape index (κ3) is 2.45. The largest absolute Gasteiger partial charge is 0.393 e. The van der Waals surface area contributed by atoms with Crippen molar-refractivity contribution in [1.29, 1.82) is 0 Å². The van der Waals surface area contributed by atoms with E-state index in [4.69, 9.17) is 0 Å². The highest BCUT2D eigenvalue weighted by Gasteiger charge is 2.33. The summed E-state index contributed by atoms with van der Waals surface area (Å²) in [5.41, 5.74) is 1.04. The Hall–Kier alpha value is -1.16. The molecule has 3 nitrogen and oxygen atoms in total. The highest BCUT2D eigenvalue weighted by Crippen LogP contribution is 2.21. The molecule has 1 unspecified atom stereocenters. The maximum absolute atomic E-state index is 11.2. The molecule has 1 aliphatic heterocycles. The van der Waals surface area contributed by atoms with Crippen LogP contribution in [0.15, 0.2) is 28.7 Å². The van der Waals surface area contributed by atoms with Crippen molar-refractivity contribution in [3.05, 3.63) is 34.3 Å². The summed E-state index contributed by atoms with van der Waals surface area (Å²) in [4.78, 5) is 22.1. The molecule has 0 saturated carbocycles. The van der Waals surface area contributed by atoms with Crippen LogP contribution in [0.2, 0.25) is 0 Å². The van der Waals surface area contributed by atoms with Crippen LogP contribution in [0.3, 0.4) is 0 Å². The monoisotopic (exact) mass is 268 g/mol. The van der Waals surface area contributed by atoms with Gasteiger partial charge in [-0.25, -0.2) is 0 Å². The Kier molecular flexibility index (Phi) is 2.86. The Labute approximate surface area is 95.6 Å². The first-order valence-electron chi connectivity index (χ1n) is 4.64. The lowest BCUT2D eigenvalue weighted by atomic mass is 9.98. The molecule has 1 heterocycles. The van der Waals surface area contributed by atoms with E-state index in [9.17, 15) is 9.59 Å². The fraction of sp³-hybridized carbons (Fsp3) is 0.273. The molecule has 1 fully saturated rings. The lowest BCUT2D eigenvalue weighted by molar-refractivity contribution is -0.153. The van der Waals surface area contributed by atoms with Gasteiger partial charge in [0.2, 0.25) is 0 Å². The van der Waals surface area contributed by atoms with Gasteiger partial charge in [-0.05, 0) is 24.1 Å². The minimum atomic E-state index is -0.415. The van der Waals surface area contributed by atoms with Crippen molar-refractivity contribution >= 4 is 27.9 Å². The van der Waals surface area contributed by atoms with Gasteiger partial charge in [-0.3, -0.25) is 9.59 Å². The maximum Gasteiger partial charge on any atom is 0.317 e.